The first kappa shape index (κ1) is 16.7. The molecule has 114 valence electrons. The van der Waals surface area contributed by atoms with E-state index in [4.69, 9.17) is 14.2 Å². The second-order valence-corrected chi connectivity index (χ2v) is 4.29. The quantitative estimate of drug-likeness (QED) is 0.517. The summed E-state index contributed by atoms with van der Waals surface area (Å²) in [6.45, 7) is -2.14. The zero-order valence-electron chi connectivity index (χ0n) is 11.7. The van der Waals surface area contributed by atoms with Gasteiger partial charge in [0.05, 0.1) is 19.5 Å². The maximum absolute atomic E-state index is 12.9. The molecule has 0 atom stereocenters. The van der Waals surface area contributed by atoms with E-state index in [1.54, 1.807) is 0 Å². The van der Waals surface area contributed by atoms with E-state index in [0.29, 0.717) is 6.61 Å². The van der Waals surface area contributed by atoms with E-state index >= 15 is 0 Å². The zero-order valence-corrected chi connectivity index (χ0v) is 11.7. The van der Waals surface area contributed by atoms with Crippen molar-refractivity contribution in [2.45, 2.75) is 19.8 Å². The van der Waals surface area contributed by atoms with Crippen LogP contribution in [0, 0.1) is 0 Å². The van der Waals surface area contributed by atoms with E-state index in [1.165, 1.54) is 19.2 Å². The lowest BCUT2D eigenvalue weighted by atomic mass is 9.79. The third-order valence-corrected chi connectivity index (χ3v) is 2.70. The smallest absolute Gasteiger partial charge is 0.497 e. The molecule has 0 aliphatic rings. The molecule has 1 aromatic carbocycles. The van der Waals surface area contributed by atoms with Gasteiger partial charge in [0.1, 0.15) is 12.4 Å². The van der Waals surface area contributed by atoms with Crippen molar-refractivity contribution in [3.05, 3.63) is 18.2 Å². The first-order chi connectivity index (χ1) is 9.49. The van der Waals surface area contributed by atoms with E-state index in [9.17, 15) is 12.9 Å². The van der Waals surface area contributed by atoms with Gasteiger partial charge in [0, 0.05) is 6.61 Å². The molecule has 0 radical (unpaired) electrons. The van der Waals surface area contributed by atoms with Crippen LogP contribution in [0.4, 0.5) is 12.9 Å². The fourth-order valence-corrected chi connectivity index (χ4v) is 1.60. The summed E-state index contributed by atoms with van der Waals surface area (Å²) < 4.78 is 54.0. The number of methoxy groups -OCH3 is 1. The van der Waals surface area contributed by atoms with Gasteiger partial charge in [-0.05, 0) is 24.6 Å². The van der Waals surface area contributed by atoms with Gasteiger partial charge < -0.3 is 27.2 Å². The van der Waals surface area contributed by atoms with Crippen molar-refractivity contribution in [3.63, 3.8) is 0 Å². The van der Waals surface area contributed by atoms with Crippen LogP contribution in [0.1, 0.15) is 19.8 Å². The molecule has 0 aliphatic carbocycles. The van der Waals surface area contributed by atoms with Gasteiger partial charge in [0.15, 0.2) is 0 Å². The highest BCUT2D eigenvalue weighted by atomic mass is 19.4. The predicted octanol–water partition coefficient (Wildman–Crippen LogP) is 2.95. The third kappa shape index (κ3) is 5.32. The summed E-state index contributed by atoms with van der Waals surface area (Å²) in [4.78, 5) is 0. The monoisotopic (exact) mass is 291 g/mol. The highest BCUT2D eigenvalue weighted by Crippen LogP contribution is 2.22. The van der Waals surface area contributed by atoms with Crippen LogP contribution in [0.15, 0.2) is 18.2 Å². The number of ether oxygens (including phenoxy) is 3. The SMILES string of the molecule is CCCCOCCOc1ccc(OC)cc1[B-](F)(F)F. The summed E-state index contributed by atoms with van der Waals surface area (Å²) in [5.41, 5.74) is -0.780. The van der Waals surface area contributed by atoms with Crippen LogP contribution in [0.2, 0.25) is 0 Å². The Morgan fingerprint density at radius 3 is 2.45 bits per heavy atom. The number of hydrogen-bond donors (Lipinski definition) is 0. The minimum atomic E-state index is -5.14. The molecule has 7 heteroatoms. The highest BCUT2D eigenvalue weighted by Gasteiger charge is 2.29. The molecular weight excluding hydrogens is 272 g/mol. The number of halogens is 3. The summed E-state index contributed by atoms with van der Waals surface area (Å²) in [6, 6.07) is 3.67. The molecule has 0 saturated carbocycles. The van der Waals surface area contributed by atoms with Crippen LogP contribution in [0.3, 0.4) is 0 Å². The second-order valence-electron chi connectivity index (χ2n) is 4.29. The van der Waals surface area contributed by atoms with Gasteiger partial charge in [-0.1, -0.05) is 18.8 Å². The van der Waals surface area contributed by atoms with Crippen LogP contribution < -0.4 is 14.9 Å². The van der Waals surface area contributed by atoms with Gasteiger partial charge in [0.2, 0.25) is 0 Å². The Hall–Kier alpha value is -1.37. The highest BCUT2D eigenvalue weighted by molar-refractivity contribution is 6.74. The largest absolute Gasteiger partial charge is 0.513 e. The van der Waals surface area contributed by atoms with Gasteiger partial charge in [0.25, 0.3) is 0 Å². The van der Waals surface area contributed by atoms with Gasteiger partial charge in [-0.25, -0.2) is 0 Å². The van der Waals surface area contributed by atoms with Gasteiger partial charge in [-0.3, -0.25) is 0 Å². The summed E-state index contributed by atoms with van der Waals surface area (Å²) in [5, 5.41) is 0. The van der Waals surface area contributed by atoms with Crippen molar-refractivity contribution in [2.24, 2.45) is 0 Å². The topological polar surface area (TPSA) is 27.7 Å². The number of unbranched alkanes of at least 4 members (excludes halogenated alkanes) is 1. The van der Waals surface area contributed by atoms with Gasteiger partial charge in [-0.15, -0.1) is 0 Å². The zero-order chi connectivity index (χ0) is 15.0. The Morgan fingerprint density at radius 2 is 1.85 bits per heavy atom. The molecule has 0 bridgehead atoms. The first-order valence-electron chi connectivity index (χ1n) is 6.57. The van der Waals surface area contributed by atoms with Gasteiger partial charge in [-0.2, -0.15) is 0 Å². The lowest BCUT2D eigenvalue weighted by Gasteiger charge is -2.20. The van der Waals surface area contributed by atoms with E-state index in [1.807, 2.05) is 6.92 Å². The lowest BCUT2D eigenvalue weighted by Crippen LogP contribution is -2.35. The van der Waals surface area contributed by atoms with Crippen molar-refractivity contribution >= 4 is 12.4 Å². The van der Waals surface area contributed by atoms with E-state index < -0.39 is 12.4 Å². The van der Waals surface area contributed by atoms with Crippen LogP contribution in [0.5, 0.6) is 11.5 Å². The van der Waals surface area contributed by atoms with Crippen LogP contribution in [-0.2, 0) is 4.74 Å². The third-order valence-electron chi connectivity index (χ3n) is 2.70. The van der Waals surface area contributed by atoms with Crippen molar-refractivity contribution in [1.29, 1.82) is 0 Å². The maximum atomic E-state index is 12.9. The number of rotatable bonds is 9. The van der Waals surface area contributed by atoms with E-state index in [2.05, 4.69) is 0 Å². The number of hydrogen-bond acceptors (Lipinski definition) is 3. The molecular formula is C13H19BF3O3-. The van der Waals surface area contributed by atoms with Crippen LogP contribution >= 0.6 is 0 Å². The first-order valence-corrected chi connectivity index (χ1v) is 6.57. The van der Waals surface area contributed by atoms with Gasteiger partial charge >= 0.3 is 6.98 Å². The fraction of sp³-hybridized carbons (Fsp3) is 0.538. The molecule has 1 aromatic rings. The predicted molar refractivity (Wildman–Crippen MR) is 72.9 cm³/mol. The van der Waals surface area contributed by atoms with Crippen LogP contribution in [-0.4, -0.2) is 33.9 Å². The molecule has 0 spiro atoms. The summed E-state index contributed by atoms with van der Waals surface area (Å²) >= 11 is 0. The molecule has 0 fully saturated rings. The molecule has 20 heavy (non-hydrogen) atoms. The van der Waals surface area contributed by atoms with E-state index in [-0.39, 0.29) is 24.7 Å². The van der Waals surface area contributed by atoms with Crippen molar-refractivity contribution in [1.82, 2.24) is 0 Å². The molecule has 3 nitrogen and oxygen atoms in total. The normalized spacial score (nSPS) is 11.4. The Labute approximate surface area is 117 Å². The summed E-state index contributed by atoms with van der Waals surface area (Å²) in [7, 11) is 1.32. The molecule has 0 saturated heterocycles. The Bertz CT molecular complexity index is 410. The minimum Gasteiger partial charge on any atom is -0.497 e. The minimum absolute atomic E-state index is 0.0925. The molecule has 0 unspecified atom stereocenters. The number of benzene rings is 1. The van der Waals surface area contributed by atoms with Crippen molar-refractivity contribution in [3.8, 4) is 11.5 Å². The molecule has 0 N–H and O–H groups in total. The maximum Gasteiger partial charge on any atom is 0.513 e. The van der Waals surface area contributed by atoms with Crippen molar-refractivity contribution < 1.29 is 27.2 Å². The lowest BCUT2D eigenvalue weighted by molar-refractivity contribution is 0.0982. The average molecular weight is 291 g/mol. The molecule has 1 rings (SSSR count). The Morgan fingerprint density at radius 1 is 1.10 bits per heavy atom. The Balaban J connectivity index is 2.60. The van der Waals surface area contributed by atoms with E-state index in [0.717, 1.165) is 18.9 Å². The molecule has 0 heterocycles. The molecule has 0 aliphatic heterocycles. The fourth-order valence-electron chi connectivity index (χ4n) is 1.60. The Kier molecular flexibility index (Phi) is 6.71. The standard InChI is InChI=1S/C13H19BF3O3/c1-3-4-7-19-8-9-20-13-6-5-11(18-2)10-12(13)14(15,16)17/h5-6,10H,3-4,7-9H2,1-2H3/q-1. The second kappa shape index (κ2) is 8.04. The van der Waals surface area contributed by atoms with Crippen LogP contribution in [0.25, 0.3) is 0 Å². The average Bonchev–Trinajstić information content (AvgIpc) is 2.41. The molecule has 0 amide bonds. The summed E-state index contributed by atoms with van der Waals surface area (Å²) in [6.07, 6.45) is 1.94. The molecule has 0 aromatic heterocycles. The summed E-state index contributed by atoms with van der Waals surface area (Å²) in [5.74, 6) is -0.0249. The van der Waals surface area contributed by atoms with Crippen molar-refractivity contribution in [2.75, 3.05) is 26.9 Å².